The molecule has 1 fully saturated rings. The molecule has 0 spiro atoms. The molecule has 1 aliphatic heterocycles. The highest BCUT2D eigenvalue weighted by Crippen LogP contribution is 2.20. The van der Waals surface area contributed by atoms with Crippen LogP contribution in [0, 0.1) is 6.92 Å². The van der Waals surface area contributed by atoms with Crippen LogP contribution in [-0.4, -0.2) is 41.8 Å². The molecule has 1 aliphatic rings. The van der Waals surface area contributed by atoms with Gasteiger partial charge in [0.2, 0.25) is 10.0 Å². The van der Waals surface area contributed by atoms with E-state index >= 15 is 0 Å². The fourth-order valence-electron chi connectivity index (χ4n) is 3.25. The number of sulfonamides is 1. The number of nitrogens with one attached hydrogen (secondary N) is 1. The van der Waals surface area contributed by atoms with Crippen LogP contribution in [0.3, 0.4) is 0 Å². The second kappa shape index (κ2) is 8.14. The van der Waals surface area contributed by atoms with Gasteiger partial charge in [-0.05, 0) is 31.7 Å². The Balaban J connectivity index is 1.58. The normalized spacial score (nSPS) is 16.5. The van der Waals surface area contributed by atoms with Gasteiger partial charge in [0.15, 0.2) is 0 Å². The molecule has 0 saturated carbocycles. The van der Waals surface area contributed by atoms with Gasteiger partial charge < -0.3 is 5.32 Å². The van der Waals surface area contributed by atoms with Crippen molar-refractivity contribution < 1.29 is 8.42 Å². The summed E-state index contributed by atoms with van der Waals surface area (Å²) in [4.78, 5) is 8.84. The molecule has 2 aromatic rings. The number of anilines is 1. The summed E-state index contributed by atoms with van der Waals surface area (Å²) in [6.07, 6.45) is 2.42. The Morgan fingerprint density at radius 1 is 1.15 bits per heavy atom. The molecule has 0 bridgehead atoms. The second-order valence-corrected chi connectivity index (χ2v) is 8.67. The topological polar surface area (TPSA) is 75.2 Å². The largest absolute Gasteiger partial charge is 0.367 e. The van der Waals surface area contributed by atoms with E-state index in [1.165, 1.54) is 0 Å². The minimum atomic E-state index is -3.27. The highest BCUT2D eigenvalue weighted by atomic mass is 32.2. The Bertz CT molecular complexity index is 832. The Morgan fingerprint density at radius 3 is 2.50 bits per heavy atom. The second-order valence-electron chi connectivity index (χ2n) is 6.70. The molecule has 0 radical (unpaired) electrons. The van der Waals surface area contributed by atoms with Crippen molar-refractivity contribution in [3.8, 4) is 0 Å². The third-order valence-corrected chi connectivity index (χ3v) is 6.49. The average molecular weight is 375 g/mol. The molecular weight excluding hydrogens is 348 g/mol. The van der Waals surface area contributed by atoms with Crippen molar-refractivity contribution in [2.24, 2.45) is 0 Å². The van der Waals surface area contributed by atoms with E-state index in [4.69, 9.17) is 0 Å². The SMILES string of the molecule is CCc1cc(NC2CCN(S(=O)(=O)Cc3ccccc3)CC2)nc(C)n1. The van der Waals surface area contributed by atoms with Crippen LogP contribution in [0.2, 0.25) is 0 Å². The van der Waals surface area contributed by atoms with Gasteiger partial charge in [0.25, 0.3) is 0 Å². The number of nitrogens with zero attached hydrogens (tertiary/aromatic N) is 3. The number of rotatable bonds is 6. The molecule has 2 heterocycles. The lowest BCUT2D eigenvalue weighted by Gasteiger charge is -2.32. The van der Waals surface area contributed by atoms with E-state index in [2.05, 4.69) is 22.2 Å². The average Bonchev–Trinajstić information content (AvgIpc) is 2.62. The zero-order chi connectivity index (χ0) is 18.6. The number of aryl methyl sites for hydroxylation is 2. The van der Waals surface area contributed by atoms with Gasteiger partial charge in [0.05, 0.1) is 5.75 Å². The summed E-state index contributed by atoms with van der Waals surface area (Å²) >= 11 is 0. The highest BCUT2D eigenvalue weighted by molar-refractivity contribution is 7.88. The molecule has 0 atom stereocenters. The Kier molecular flexibility index (Phi) is 5.88. The van der Waals surface area contributed by atoms with Crippen LogP contribution in [0.4, 0.5) is 5.82 Å². The minimum absolute atomic E-state index is 0.0664. The van der Waals surface area contributed by atoms with Gasteiger partial charge in [-0.3, -0.25) is 0 Å². The minimum Gasteiger partial charge on any atom is -0.367 e. The summed E-state index contributed by atoms with van der Waals surface area (Å²) < 4.78 is 26.9. The summed E-state index contributed by atoms with van der Waals surface area (Å²) in [5, 5.41) is 3.45. The molecule has 0 amide bonds. The molecule has 140 valence electrons. The lowest BCUT2D eigenvalue weighted by molar-refractivity contribution is 0.329. The molecule has 1 N–H and O–H groups in total. The van der Waals surface area contributed by atoms with E-state index in [1.807, 2.05) is 43.3 Å². The summed E-state index contributed by atoms with van der Waals surface area (Å²) in [5.41, 5.74) is 1.85. The molecule has 0 unspecified atom stereocenters. The molecule has 6 nitrogen and oxygen atoms in total. The maximum atomic E-state index is 12.6. The number of benzene rings is 1. The lowest BCUT2D eigenvalue weighted by atomic mass is 10.1. The first kappa shape index (κ1) is 18.8. The van der Waals surface area contributed by atoms with Crippen molar-refractivity contribution in [1.82, 2.24) is 14.3 Å². The molecule has 1 saturated heterocycles. The number of piperidine rings is 1. The van der Waals surface area contributed by atoms with Crippen LogP contribution in [0.25, 0.3) is 0 Å². The predicted molar refractivity (Wildman–Crippen MR) is 103 cm³/mol. The van der Waals surface area contributed by atoms with Gasteiger partial charge >= 0.3 is 0 Å². The molecule has 7 heteroatoms. The molecule has 1 aromatic heterocycles. The third kappa shape index (κ3) is 4.80. The van der Waals surface area contributed by atoms with Crippen molar-refractivity contribution in [2.45, 2.75) is 44.9 Å². The monoisotopic (exact) mass is 374 g/mol. The van der Waals surface area contributed by atoms with Crippen LogP contribution < -0.4 is 5.32 Å². The Hall–Kier alpha value is -1.99. The number of hydrogen-bond acceptors (Lipinski definition) is 5. The van der Waals surface area contributed by atoms with Gasteiger partial charge in [-0.1, -0.05) is 37.3 Å². The van der Waals surface area contributed by atoms with Crippen molar-refractivity contribution in [3.05, 3.63) is 53.5 Å². The molecule has 0 aliphatic carbocycles. The molecule has 3 rings (SSSR count). The summed E-state index contributed by atoms with van der Waals surface area (Å²) in [7, 11) is -3.27. The third-order valence-electron chi connectivity index (χ3n) is 4.64. The first-order valence-corrected chi connectivity index (χ1v) is 10.7. The van der Waals surface area contributed by atoms with Gasteiger partial charge in [-0.2, -0.15) is 0 Å². The molecule has 1 aromatic carbocycles. The fraction of sp³-hybridized carbons (Fsp3) is 0.474. The predicted octanol–water partition coefficient (Wildman–Crippen LogP) is 2.75. The van der Waals surface area contributed by atoms with E-state index in [9.17, 15) is 8.42 Å². The zero-order valence-electron chi connectivity index (χ0n) is 15.4. The van der Waals surface area contributed by atoms with Gasteiger partial charge in [-0.15, -0.1) is 0 Å². The van der Waals surface area contributed by atoms with Crippen molar-refractivity contribution in [1.29, 1.82) is 0 Å². The van der Waals surface area contributed by atoms with Crippen LogP contribution in [0.5, 0.6) is 0 Å². The highest BCUT2D eigenvalue weighted by Gasteiger charge is 2.28. The lowest BCUT2D eigenvalue weighted by Crippen LogP contribution is -2.42. The summed E-state index contributed by atoms with van der Waals surface area (Å²) in [6, 6.07) is 11.6. The number of hydrogen-bond donors (Lipinski definition) is 1. The fourth-order valence-corrected chi connectivity index (χ4v) is 4.81. The summed E-state index contributed by atoms with van der Waals surface area (Å²) in [5.74, 6) is 1.66. The van der Waals surface area contributed by atoms with E-state index in [0.717, 1.165) is 42.2 Å². The standard InChI is InChI=1S/C19H26N4O2S/c1-3-17-13-19(21-15(2)20-17)22-18-9-11-23(12-10-18)26(24,25)14-16-7-5-4-6-8-16/h4-8,13,18H,3,9-12,14H2,1-2H3,(H,20,21,22). The molecular formula is C19H26N4O2S. The van der Waals surface area contributed by atoms with Crippen molar-refractivity contribution >= 4 is 15.8 Å². The smallest absolute Gasteiger partial charge is 0.218 e. The summed E-state index contributed by atoms with van der Waals surface area (Å²) in [6.45, 7) is 5.04. The first-order valence-electron chi connectivity index (χ1n) is 9.09. The van der Waals surface area contributed by atoms with Crippen LogP contribution in [0.1, 0.15) is 36.8 Å². The zero-order valence-corrected chi connectivity index (χ0v) is 16.2. The molecule has 26 heavy (non-hydrogen) atoms. The van der Waals surface area contributed by atoms with Crippen LogP contribution in [0.15, 0.2) is 36.4 Å². The van der Waals surface area contributed by atoms with E-state index in [-0.39, 0.29) is 11.8 Å². The Labute approximate surface area is 155 Å². The van der Waals surface area contributed by atoms with E-state index in [1.54, 1.807) is 4.31 Å². The first-order chi connectivity index (χ1) is 12.5. The number of aromatic nitrogens is 2. The maximum absolute atomic E-state index is 12.6. The Morgan fingerprint density at radius 2 is 1.85 bits per heavy atom. The van der Waals surface area contributed by atoms with Crippen LogP contribution >= 0.6 is 0 Å². The van der Waals surface area contributed by atoms with Gasteiger partial charge in [0, 0.05) is 30.9 Å². The van der Waals surface area contributed by atoms with Crippen molar-refractivity contribution in [2.75, 3.05) is 18.4 Å². The van der Waals surface area contributed by atoms with Crippen molar-refractivity contribution in [3.63, 3.8) is 0 Å². The maximum Gasteiger partial charge on any atom is 0.218 e. The van der Waals surface area contributed by atoms with Gasteiger partial charge in [0.1, 0.15) is 11.6 Å². The quantitative estimate of drug-likeness (QED) is 0.841. The van der Waals surface area contributed by atoms with E-state index < -0.39 is 10.0 Å². The van der Waals surface area contributed by atoms with Gasteiger partial charge in [-0.25, -0.2) is 22.7 Å². The van der Waals surface area contributed by atoms with E-state index in [0.29, 0.717) is 13.1 Å². The van der Waals surface area contributed by atoms with Crippen LogP contribution in [-0.2, 0) is 22.2 Å².